The molecule has 2 aromatic carbocycles. The van der Waals surface area contributed by atoms with Crippen molar-refractivity contribution in [2.75, 3.05) is 6.61 Å². The maximum absolute atomic E-state index is 11.1. The third kappa shape index (κ3) is 3.21. The Morgan fingerprint density at radius 2 is 2.10 bits per heavy atom. The lowest BCUT2D eigenvalue weighted by atomic mass is 10.0. The molecule has 2 rings (SSSR count). The van der Waals surface area contributed by atoms with Crippen LogP contribution in [0.1, 0.15) is 18.9 Å². The molecule has 4 nitrogen and oxygen atoms in total. The molecule has 0 saturated heterocycles. The van der Waals surface area contributed by atoms with Crippen LogP contribution in [0.4, 0.5) is 0 Å². The zero-order valence-electron chi connectivity index (χ0n) is 11.7. The molecule has 4 heteroatoms. The highest BCUT2D eigenvalue weighted by molar-refractivity contribution is 6.01. The van der Waals surface area contributed by atoms with Crippen LogP contribution in [0.3, 0.4) is 0 Å². The van der Waals surface area contributed by atoms with Crippen LogP contribution >= 0.6 is 0 Å². The number of hydrogen-bond acceptors (Lipinski definition) is 3. The quantitative estimate of drug-likeness (QED) is 0.671. The second-order valence-electron chi connectivity index (χ2n) is 4.52. The lowest BCUT2D eigenvalue weighted by molar-refractivity contribution is -0.132. The summed E-state index contributed by atoms with van der Waals surface area (Å²) < 4.78 is 5.67. The van der Waals surface area contributed by atoms with Crippen LogP contribution < -0.4 is 4.74 Å². The van der Waals surface area contributed by atoms with Crippen LogP contribution in [0.5, 0.6) is 5.75 Å². The molecule has 2 aromatic rings. The van der Waals surface area contributed by atoms with Crippen molar-refractivity contribution >= 4 is 22.8 Å². The standard InChI is InChI=1S/C17H15NO3/c1-2-9-21-16-8-7-12-5-3-4-6-14(12)15(16)10-13(11-18)17(19)20/h3-8,10H,2,9H2,1H3,(H,19,20). The van der Waals surface area contributed by atoms with Gasteiger partial charge in [0.15, 0.2) is 0 Å². The van der Waals surface area contributed by atoms with Crippen molar-refractivity contribution < 1.29 is 14.6 Å². The van der Waals surface area contributed by atoms with Crippen molar-refractivity contribution in [3.8, 4) is 11.8 Å². The fourth-order valence-electron chi connectivity index (χ4n) is 2.05. The number of rotatable bonds is 5. The number of fused-ring (bicyclic) bond motifs is 1. The molecule has 0 radical (unpaired) electrons. The number of carboxylic acid groups (broad SMARTS) is 1. The van der Waals surface area contributed by atoms with Gasteiger partial charge in [-0.2, -0.15) is 5.26 Å². The number of aliphatic carboxylic acids is 1. The van der Waals surface area contributed by atoms with E-state index in [9.17, 15) is 4.79 Å². The third-order valence-corrected chi connectivity index (χ3v) is 3.03. The predicted octanol–water partition coefficient (Wildman–Crippen LogP) is 3.62. The summed E-state index contributed by atoms with van der Waals surface area (Å²) in [5.74, 6) is -0.656. The minimum Gasteiger partial charge on any atom is -0.493 e. The Labute approximate surface area is 122 Å². The molecule has 0 atom stereocenters. The normalized spacial score (nSPS) is 11.1. The van der Waals surface area contributed by atoms with Crippen LogP contribution in [0.15, 0.2) is 42.0 Å². The lowest BCUT2D eigenvalue weighted by Gasteiger charge is -2.11. The van der Waals surface area contributed by atoms with Crippen molar-refractivity contribution in [3.63, 3.8) is 0 Å². The van der Waals surface area contributed by atoms with E-state index in [1.54, 1.807) is 12.1 Å². The maximum atomic E-state index is 11.1. The van der Waals surface area contributed by atoms with Gasteiger partial charge in [0.1, 0.15) is 17.4 Å². The summed E-state index contributed by atoms with van der Waals surface area (Å²) in [4.78, 5) is 11.1. The van der Waals surface area contributed by atoms with Crippen molar-refractivity contribution in [3.05, 3.63) is 47.5 Å². The topological polar surface area (TPSA) is 70.3 Å². The van der Waals surface area contributed by atoms with E-state index in [1.807, 2.05) is 37.3 Å². The summed E-state index contributed by atoms with van der Waals surface area (Å²) in [6.45, 7) is 2.53. The molecule has 0 fully saturated rings. The summed E-state index contributed by atoms with van der Waals surface area (Å²) in [5.41, 5.74) is 0.313. The Balaban J connectivity index is 2.66. The second-order valence-corrected chi connectivity index (χ2v) is 4.52. The molecule has 0 unspecified atom stereocenters. The molecule has 0 bridgehead atoms. The number of ether oxygens (including phenoxy) is 1. The minimum absolute atomic E-state index is 0.312. The molecule has 106 valence electrons. The van der Waals surface area contributed by atoms with Crippen molar-refractivity contribution in [1.82, 2.24) is 0 Å². The molecule has 0 spiro atoms. The Hall–Kier alpha value is -2.80. The van der Waals surface area contributed by atoms with E-state index in [2.05, 4.69) is 0 Å². The first kappa shape index (κ1) is 14.6. The fourth-order valence-corrected chi connectivity index (χ4v) is 2.05. The van der Waals surface area contributed by atoms with E-state index in [0.717, 1.165) is 17.2 Å². The fraction of sp³-hybridized carbons (Fsp3) is 0.176. The van der Waals surface area contributed by atoms with Gasteiger partial charge >= 0.3 is 5.97 Å². The first-order chi connectivity index (χ1) is 10.2. The number of hydrogen-bond donors (Lipinski definition) is 1. The van der Waals surface area contributed by atoms with E-state index in [-0.39, 0.29) is 5.57 Å². The number of nitrogens with zero attached hydrogens (tertiary/aromatic N) is 1. The smallest absolute Gasteiger partial charge is 0.346 e. The van der Waals surface area contributed by atoms with Gasteiger partial charge in [0.25, 0.3) is 0 Å². The van der Waals surface area contributed by atoms with Gasteiger partial charge in [0.2, 0.25) is 0 Å². The van der Waals surface area contributed by atoms with Gasteiger partial charge in [-0.1, -0.05) is 37.3 Å². The van der Waals surface area contributed by atoms with E-state index in [1.165, 1.54) is 6.08 Å². The number of carbonyl (C=O) groups is 1. The molecule has 0 amide bonds. The summed E-state index contributed by atoms with van der Waals surface area (Å²) in [6.07, 6.45) is 2.22. The lowest BCUT2D eigenvalue weighted by Crippen LogP contribution is -2.00. The predicted molar refractivity (Wildman–Crippen MR) is 81.0 cm³/mol. The van der Waals surface area contributed by atoms with Crippen molar-refractivity contribution in [1.29, 1.82) is 5.26 Å². The Bertz CT molecular complexity index is 741. The monoisotopic (exact) mass is 281 g/mol. The van der Waals surface area contributed by atoms with Crippen LogP contribution in [-0.4, -0.2) is 17.7 Å². The van der Waals surface area contributed by atoms with E-state index < -0.39 is 5.97 Å². The third-order valence-electron chi connectivity index (χ3n) is 3.03. The maximum Gasteiger partial charge on any atom is 0.346 e. The van der Waals surface area contributed by atoms with E-state index >= 15 is 0 Å². The molecule has 0 aliphatic heterocycles. The van der Waals surface area contributed by atoms with E-state index in [0.29, 0.717) is 17.9 Å². The highest BCUT2D eigenvalue weighted by atomic mass is 16.5. The number of carboxylic acids is 1. The van der Waals surface area contributed by atoms with Crippen LogP contribution in [0, 0.1) is 11.3 Å². The summed E-state index contributed by atoms with van der Waals surface area (Å²) in [7, 11) is 0. The van der Waals surface area contributed by atoms with Gasteiger partial charge in [-0.3, -0.25) is 0 Å². The van der Waals surface area contributed by atoms with Crippen LogP contribution in [-0.2, 0) is 4.79 Å². The molecular weight excluding hydrogens is 266 g/mol. The molecule has 0 aromatic heterocycles. The second kappa shape index (κ2) is 6.58. The Morgan fingerprint density at radius 1 is 1.33 bits per heavy atom. The largest absolute Gasteiger partial charge is 0.493 e. The molecule has 1 N–H and O–H groups in total. The van der Waals surface area contributed by atoms with Crippen LogP contribution in [0.25, 0.3) is 16.8 Å². The molecular formula is C17H15NO3. The SMILES string of the molecule is CCCOc1ccc2ccccc2c1C=C(C#N)C(=O)O. The first-order valence-corrected chi connectivity index (χ1v) is 6.67. The molecule has 0 aliphatic carbocycles. The molecule has 0 aliphatic rings. The van der Waals surface area contributed by atoms with Gasteiger partial charge in [-0.25, -0.2) is 4.79 Å². The van der Waals surface area contributed by atoms with Gasteiger partial charge in [-0.05, 0) is 29.3 Å². The average Bonchev–Trinajstić information content (AvgIpc) is 2.50. The molecule has 0 heterocycles. The highest BCUT2D eigenvalue weighted by Crippen LogP contribution is 2.30. The molecule has 21 heavy (non-hydrogen) atoms. The Morgan fingerprint density at radius 3 is 2.76 bits per heavy atom. The Kier molecular flexibility index (Phi) is 4.57. The molecule has 0 saturated carbocycles. The van der Waals surface area contributed by atoms with Crippen molar-refractivity contribution in [2.24, 2.45) is 0 Å². The zero-order chi connectivity index (χ0) is 15.2. The first-order valence-electron chi connectivity index (χ1n) is 6.67. The van der Waals surface area contributed by atoms with Gasteiger partial charge in [0.05, 0.1) is 6.61 Å². The average molecular weight is 281 g/mol. The van der Waals surface area contributed by atoms with Crippen molar-refractivity contribution in [2.45, 2.75) is 13.3 Å². The summed E-state index contributed by atoms with van der Waals surface area (Å²) in [5, 5.41) is 19.8. The zero-order valence-corrected chi connectivity index (χ0v) is 11.7. The summed E-state index contributed by atoms with van der Waals surface area (Å²) in [6, 6.07) is 13.0. The number of nitriles is 1. The van der Waals surface area contributed by atoms with Gasteiger partial charge in [0, 0.05) is 5.56 Å². The summed E-state index contributed by atoms with van der Waals surface area (Å²) >= 11 is 0. The van der Waals surface area contributed by atoms with Gasteiger partial charge < -0.3 is 9.84 Å². The minimum atomic E-state index is -1.24. The van der Waals surface area contributed by atoms with E-state index in [4.69, 9.17) is 15.1 Å². The van der Waals surface area contributed by atoms with Crippen LogP contribution in [0.2, 0.25) is 0 Å². The van der Waals surface area contributed by atoms with Gasteiger partial charge in [-0.15, -0.1) is 0 Å². The number of benzene rings is 2. The highest BCUT2D eigenvalue weighted by Gasteiger charge is 2.11.